The molecule has 2 N–H and O–H groups in total. The molecule has 1 unspecified atom stereocenters. The molecule has 2 aromatic carbocycles. The third-order valence-electron chi connectivity index (χ3n) is 3.96. The van der Waals surface area contributed by atoms with Gasteiger partial charge in [0.25, 0.3) is 0 Å². The third kappa shape index (κ3) is 1.95. The van der Waals surface area contributed by atoms with Crippen LogP contribution >= 0.6 is 0 Å². The lowest BCUT2D eigenvalue weighted by Crippen LogP contribution is -2.39. The zero-order valence-corrected chi connectivity index (χ0v) is 11.5. The number of benzene rings is 2. The molecule has 3 nitrogen and oxygen atoms in total. The van der Waals surface area contributed by atoms with Gasteiger partial charge in [0.1, 0.15) is 0 Å². The zero-order valence-electron chi connectivity index (χ0n) is 11.5. The van der Waals surface area contributed by atoms with Crippen molar-refractivity contribution in [2.24, 2.45) is 0 Å². The van der Waals surface area contributed by atoms with Crippen LogP contribution in [0.2, 0.25) is 0 Å². The molecule has 0 heterocycles. The summed E-state index contributed by atoms with van der Waals surface area (Å²) in [6, 6.07) is 15.7. The lowest BCUT2D eigenvalue weighted by Gasteiger charge is -2.34. The Bertz CT molecular complexity index is 651. The maximum Gasteiger partial charge on any atom is 0.234 e. The molecule has 3 heteroatoms. The normalized spacial score (nSPS) is 16.1. The Balaban J connectivity index is 1.89. The van der Waals surface area contributed by atoms with Crippen molar-refractivity contribution in [1.82, 2.24) is 0 Å². The Labute approximate surface area is 119 Å². The van der Waals surface area contributed by atoms with Crippen molar-refractivity contribution in [2.75, 3.05) is 17.2 Å². The van der Waals surface area contributed by atoms with Crippen LogP contribution in [0, 0.1) is 0 Å². The molecular weight excluding hydrogens is 248 g/mol. The molecule has 3 rings (SSSR count). The van der Waals surface area contributed by atoms with Gasteiger partial charge in [-0.05, 0) is 36.6 Å². The molecule has 1 atom stereocenters. The number of nitrogens with zero attached hydrogens (tertiary/aromatic N) is 1. The number of anilines is 2. The largest absolute Gasteiger partial charge is 0.397 e. The van der Waals surface area contributed by atoms with E-state index in [-0.39, 0.29) is 11.8 Å². The summed E-state index contributed by atoms with van der Waals surface area (Å²) >= 11 is 0. The number of hydrogen-bond acceptors (Lipinski definition) is 2. The minimum atomic E-state index is -0.0224. The number of carbonyl (C=O) groups is 1. The van der Waals surface area contributed by atoms with Crippen LogP contribution in [-0.4, -0.2) is 12.5 Å². The molecule has 0 aromatic heterocycles. The first-order valence-corrected chi connectivity index (χ1v) is 6.96. The molecular formula is C17H18N2O. The van der Waals surface area contributed by atoms with E-state index in [0.717, 1.165) is 17.7 Å². The Morgan fingerprint density at radius 3 is 2.60 bits per heavy atom. The van der Waals surface area contributed by atoms with Crippen molar-refractivity contribution < 1.29 is 4.79 Å². The van der Waals surface area contributed by atoms with Crippen LogP contribution in [0.4, 0.5) is 11.4 Å². The van der Waals surface area contributed by atoms with Gasteiger partial charge in [0.15, 0.2) is 0 Å². The van der Waals surface area contributed by atoms with Crippen molar-refractivity contribution in [2.45, 2.75) is 19.3 Å². The second-order valence-corrected chi connectivity index (χ2v) is 5.10. The lowest BCUT2D eigenvalue weighted by atomic mass is 9.77. The highest BCUT2D eigenvalue weighted by molar-refractivity contribution is 6.01. The number of para-hydroxylation sites is 2. The second kappa shape index (κ2) is 5.00. The molecule has 0 bridgehead atoms. The van der Waals surface area contributed by atoms with Gasteiger partial charge in [0.05, 0.1) is 17.3 Å². The molecule has 20 heavy (non-hydrogen) atoms. The van der Waals surface area contributed by atoms with Crippen LogP contribution in [0.3, 0.4) is 0 Å². The first-order chi connectivity index (χ1) is 9.72. The highest BCUT2D eigenvalue weighted by Crippen LogP contribution is 2.37. The summed E-state index contributed by atoms with van der Waals surface area (Å²) < 4.78 is 0. The Kier molecular flexibility index (Phi) is 3.18. The van der Waals surface area contributed by atoms with E-state index in [2.05, 4.69) is 6.07 Å². The first kappa shape index (κ1) is 12.7. The molecule has 0 fully saturated rings. The van der Waals surface area contributed by atoms with E-state index in [4.69, 9.17) is 5.73 Å². The van der Waals surface area contributed by atoms with Crippen molar-refractivity contribution in [3.63, 3.8) is 0 Å². The Morgan fingerprint density at radius 2 is 1.90 bits per heavy atom. The standard InChI is InChI=1S/C17H18N2O/c1-2-19(16-10-6-5-9-15(16)18)17(20)14-11-12-7-3-4-8-13(12)14/h3-10,14H,2,11,18H2,1H3. The number of nitrogens with two attached hydrogens (primary N) is 1. The molecule has 0 radical (unpaired) electrons. The smallest absolute Gasteiger partial charge is 0.234 e. The molecule has 0 saturated heterocycles. The number of fused-ring (bicyclic) bond motifs is 1. The molecule has 1 aliphatic rings. The predicted molar refractivity (Wildman–Crippen MR) is 81.8 cm³/mol. The van der Waals surface area contributed by atoms with Crippen LogP contribution in [0.1, 0.15) is 24.0 Å². The van der Waals surface area contributed by atoms with Crippen LogP contribution in [0.25, 0.3) is 0 Å². The summed E-state index contributed by atoms with van der Waals surface area (Å²) in [5.41, 5.74) is 9.89. The Morgan fingerprint density at radius 1 is 1.20 bits per heavy atom. The van der Waals surface area contributed by atoms with Gasteiger partial charge in [-0.1, -0.05) is 36.4 Å². The van der Waals surface area contributed by atoms with Crippen LogP contribution in [-0.2, 0) is 11.2 Å². The van der Waals surface area contributed by atoms with Gasteiger partial charge in [0, 0.05) is 6.54 Å². The van der Waals surface area contributed by atoms with E-state index in [9.17, 15) is 4.79 Å². The van der Waals surface area contributed by atoms with Crippen molar-refractivity contribution in [3.05, 3.63) is 59.7 Å². The quantitative estimate of drug-likeness (QED) is 0.868. The van der Waals surface area contributed by atoms with Gasteiger partial charge in [-0.3, -0.25) is 4.79 Å². The van der Waals surface area contributed by atoms with Gasteiger partial charge < -0.3 is 10.6 Å². The SMILES string of the molecule is CCN(C(=O)C1Cc2ccccc21)c1ccccc1N. The minimum absolute atomic E-state index is 0.0224. The molecule has 102 valence electrons. The molecule has 0 saturated carbocycles. The van der Waals surface area contributed by atoms with E-state index < -0.39 is 0 Å². The van der Waals surface area contributed by atoms with Gasteiger partial charge in [-0.15, -0.1) is 0 Å². The zero-order chi connectivity index (χ0) is 14.1. The minimum Gasteiger partial charge on any atom is -0.397 e. The van der Waals surface area contributed by atoms with Gasteiger partial charge >= 0.3 is 0 Å². The van der Waals surface area contributed by atoms with Crippen LogP contribution in [0.15, 0.2) is 48.5 Å². The topological polar surface area (TPSA) is 46.3 Å². The van der Waals surface area contributed by atoms with Crippen LogP contribution in [0.5, 0.6) is 0 Å². The predicted octanol–water partition coefficient (Wildman–Crippen LogP) is 2.96. The lowest BCUT2D eigenvalue weighted by molar-refractivity contribution is -0.120. The fourth-order valence-corrected chi connectivity index (χ4v) is 2.85. The van der Waals surface area contributed by atoms with Crippen molar-refractivity contribution in [1.29, 1.82) is 0 Å². The van der Waals surface area contributed by atoms with Crippen molar-refractivity contribution in [3.8, 4) is 0 Å². The van der Waals surface area contributed by atoms with Gasteiger partial charge in [-0.25, -0.2) is 0 Å². The highest BCUT2D eigenvalue weighted by Gasteiger charge is 2.35. The fourth-order valence-electron chi connectivity index (χ4n) is 2.85. The molecule has 2 aromatic rings. The summed E-state index contributed by atoms with van der Waals surface area (Å²) in [7, 11) is 0. The van der Waals surface area contributed by atoms with E-state index in [1.54, 1.807) is 4.90 Å². The maximum absolute atomic E-state index is 12.7. The molecule has 1 aliphatic carbocycles. The number of hydrogen-bond donors (Lipinski definition) is 1. The first-order valence-electron chi connectivity index (χ1n) is 6.96. The number of likely N-dealkylation sites (N-methyl/N-ethyl adjacent to an activating group) is 1. The summed E-state index contributed by atoms with van der Waals surface area (Å²) in [5.74, 6) is 0.120. The summed E-state index contributed by atoms with van der Waals surface area (Å²) in [5, 5.41) is 0. The Hall–Kier alpha value is -2.29. The number of amides is 1. The van der Waals surface area contributed by atoms with Crippen molar-refractivity contribution >= 4 is 17.3 Å². The second-order valence-electron chi connectivity index (χ2n) is 5.10. The summed E-state index contributed by atoms with van der Waals surface area (Å²) in [4.78, 5) is 14.5. The molecule has 0 spiro atoms. The fraction of sp³-hybridized carbons (Fsp3) is 0.235. The van der Waals surface area contributed by atoms with E-state index in [1.807, 2.05) is 49.4 Å². The number of rotatable bonds is 3. The molecule has 0 aliphatic heterocycles. The average molecular weight is 266 g/mol. The monoisotopic (exact) mass is 266 g/mol. The summed E-state index contributed by atoms with van der Waals surface area (Å²) in [6.45, 7) is 2.61. The van der Waals surface area contributed by atoms with E-state index in [0.29, 0.717) is 12.2 Å². The van der Waals surface area contributed by atoms with Gasteiger partial charge in [0.2, 0.25) is 5.91 Å². The average Bonchev–Trinajstić information content (AvgIpc) is 2.43. The number of nitrogen functional groups attached to an aromatic ring is 1. The number of carbonyl (C=O) groups excluding carboxylic acids is 1. The van der Waals surface area contributed by atoms with E-state index >= 15 is 0 Å². The van der Waals surface area contributed by atoms with Gasteiger partial charge in [-0.2, -0.15) is 0 Å². The summed E-state index contributed by atoms with van der Waals surface area (Å²) in [6.07, 6.45) is 0.832. The third-order valence-corrected chi connectivity index (χ3v) is 3.96. The van der Waals surface area contributed by atoms with Crippen LogP contribution < -0.4 is 10.6 Å². The molecule has 1 amide bonds. The maximum atomic E-state index is 12.7. The van der Waals surface area contributed by atoms with E-state index in [1.165, 1.54) is 5.56 Å². The highest BCUT2D eigenvalue weighted by atomic mass is 16.2.